The molecule has 0 saturated carbocycles. The second-order valence-electron chi connectivity index (χ2n) is 8.52. The van der Waals surface area contributed by atoms with Gasteiger partial charge in [0, 0.05) is 46.4 Å². The molecule has 2 aliphatic heterocycles. The van der Waals surface area contributed by atoms with Gasteiger partial charge in [0.15, 0.2) is 0 Å². The zero-order valence-corrected chi connectivity index (χ0v) is 16.9. The van der Waals surface area contributed by atoms with Crippen LogP contribution in [-0.2, 0) is 18.2 Å². The van der Waals surface area contributed by atoms with Crippen LogP contribution in [0.5, 0.6) is 0 Å². The molecule has 3 rings (SSSR count). The number of aromatic nitrogens is 2. The van der Waals surface area contributed by atoms with Gasteiger partial charge in [-0.15, -0.1) is 0 Å². The molecule has 152 valence electrons. The van der Waals surface area contributed by atoms with Gasteiger partial charge in [0.1, 0.15) is 5.69 Å². The maximum Gasteiger partial charge on any atom is 0.272 e. The Labute approximate surface area is 162 Å². The van der Waals surface area contributed by atoms with Gasteiger partial charge in [-0.1, -0.05) is 13.8 Å². The maximum atomic E-state index is 13.2. The fourth-order valence-electron chi connectivity index (χ4n) is 4.30. The van der Waals surface area contributed by atoms with Crippen molar-refractivity contribution < 1.29 is 14.6 Å². The van der Waals surface area contributed by atoms with Crippen molar-refractivity contribution >= 4 is 5.91 Å². The van der Waals surface area contributed by atoms with Crippen LogP contribution in [0, 0.1) is 17.8 Å². The Kier molecular flexibility index (Phi) is 6.89. The van der Waals surface area contributed by atoms with Gasteiger partial charge in [-0.05, 0) is 36.7 Å². The van der Waals surface area contributed by atoms with Crippen LogP contribution in [0.4, 0.5) is 0 Å². The summed E-state index contributed by atoms with van der Waals surface area (Å²) < 4.78 is 7.14. The molecule has 0 bridgehead atoms. The van der Waals surface area contributed by atoms with Crippen molar-refractivity contribution in [1.29, 1.82) is 0 Å². The first-order valence-electron chi connectivity index (χ1n) is 10.2. The molecule has 2 saturated heterocycles. The number of hydrogen-bond donors (Lipinski definition) is 1. The highest BCUT2D eigenvalue weighted by atomic mass is 16.5. The molecule has 2 aliphatic rings. The highest BCUT2D eigenvalue weighted by Gasteiger charge is 2.32. The Balaban J connectivity index is 1.68. The third-order valence-corrected chi connectivity index (χ3v) is 5.56. The number of aliphatic hydroxyl groups excluding tert-OH is 1. The number of piperidine rings is 1. The second kappa shape index (κ2) is 9.17. The highest BCUT2D eigenvalue weighted by molar-refractivity contribution is 5.92. The van der Waals surface area contributed by atoms with Crippen molar-refractivity contribution in [3.05, 3.63) is 17.5 Å². The maximum absolute atomic E-state index is 13.2. The van der Waals surface area contributed by atoms with Gasteiger partial charge in [0.2, 0.25) is 0 Å². The molecule has 7 heteroatoms. The molecule has 2 fully saturated rings. The smallest absolute Gasteiger partial charge is 0.272 e. The van der Waals surface area contributed by atoms with E-state index in [9.17, 15) is 9.90 Å². The summed E-state index contributed by atoms with van der Waals surface area (Å²) in [7, 11) is 1.84. The van der Waals surface area contributed by atoms with Crippen LogP contribution in [0.15, 0.2) is 6.07 Å². The molecule has 2 atom stereocenters. The molecule has 3 heterocycles. The number of likely N-dealkylation sites (tertiary alicyclic amines) is 1. The largest absolute Gasteiger partial charge is 0.396 e. The number of carbonyl (C=O) groups is 1. The number of aliphatic hydroxyl groups is 1. The van der Waals surface area contributed by atoms with Crippen LogP contribution >= 0.6 is 0 Å². The normalized spacial score (nSPS) is 24.6. The van der Waals surface area contributed by atoms with E-state index in [0.29, 0.717) is 24.1 Å². The van der Waals surface area contributed by atoms with Crippen molar-refractivity contribution in [1.82, 2.24) is 19.6 Å². The van der Waals surface area contributed by atoms with E-state index in [0.717, 1.165) is 57.9 Å². The monoisotopic (exact) mass is 378 g/mol. The molecule has 0 aromatic carbocycles. The molecule has 1 aromatic heterocycles. The zero-order valence-electron chi connectivity index (χ0n) is 16.9. The van der Waals surface area contributed by atoms with Gasteiger partial charge in [0.25, 0.3) is 5.91 Å². The lowest BCUT2D eigenvalue weighted by molar-refractivity contribution is 0.0128. The third-order valence-electron chi connectivity index (χ3n) is 5.56. The minimum atomic E-state index is 0.0325. The Hall–Kier alpha value is -1.44. The number of amides is 1. The number of rotatable bonds is 6. The Morgan fingerprint density at radius 2 is 2.00 bits per heavy atom. The molecule has 0 spiro atoms. The summed E-state index contributed by atoms with van der Waals surface area (Å²) in [6.07, 6.45) is 1.85. The van der Waals surface area contributed by atoms with Gasteiger partial charge in [0.05, 0.1) is 18.9 Å². The Bertz CT molecular complexity index is 625. The molecule has 1 amide bonds. The number of nitrogens with zero attached hydrogens (tertiary/aromatic N) is 4. The van der Waals surface area contributed by atoms with Crippen molar-refractivity contribution in [2.75, 3.05) is 52.5 Å². The quantitative estimate of drug-likeness (QED) is 0.800. The van der Waals surface area contributed by atoms with E-state index >= 15 is 0 Å². The summed E-state index contributed by atoms with van der Waals surface area (Å²) in [6, 6.07) is 1.93. The first kappa shape index (κ1) is 20.3. The summed E-state index contributed by atoms with van der Waals surface area (Å²) in [5, 5.41) is 14.3. The zero-order chi connectivity index (χ0) is 19.4. The van der Waals surface area contributed by atoms with Gasteiger partial charge in [-0.3, -0.25) is 14.4 Å². The van der Waals surface area contributed by atoms with E-state index in [1.807, 2.05) is 18.0 Å². The standard InChI is InChI=1S/C20H34N4O3/c1-15(2)8-18-10-19(22(3)21-18)20(26)24-12-16(9-17(13-24)14-25)11-23-4-6-27-7-5-23/h10,15-17,25H,4-9,11-14H2,1-3H3/t16-,17+/m0/s1. The van der Waals surface area contributed by atoms with Gasteiger partial charge < -0.3 is 14.7 Å². The molecular formula is C20H34N4O3. The molecule has 0 aliphatic carbocycles. The van der Waals surface area contributed by atoms with E-state index < -0.39 is 0 Å². The first-order valence-corrected chi connectivity index (χ1v) is 10.2. The van der Waals surface area contributed by atoms with Crippen LogP contribution < -0.4 is 0 Å². The molecule has 1 aromatic rings. The Morgan fingerprint density at radius 1 is 1.30 bits per heavy atom. The van der Waals surface area contributed by atoms with E-state index in [-0.39, 0.29) is 18.4 Å². The number of ether oxygens (including phenoxy) is 1. The first-order chi connectivity index (χ1) is 13.0. The predicted molar refractivity (Wildman–Crippen MR) is 104 cm³/mol. The SMILES string of the molecule is CC(C)Cc1cc(C(=O)N2C[C@H](CO)C[C@@H](CN3CCOCC3)C2)n(C)n1. The lowest BCUT2D eigenvalue weighted by atomic mass is 9.89. The highest BCUT2D eigenvalue weighted by Crippen LogP contribution is 2.25. The average molecular weight is 379 g/mol. The van der Waals surface area contributed by atoms with Crippen molar-refractivity contribution in [2.24, 2.45) is 24.8 Å². The van der Waals surface area contributed by atoms with Crippen molar-refractivity contribution in [2.45, 2.75) is 26.7 Å². The number of hydrogen-bond acceptors (Lipinski definition) is 5. The van der Waals surface area contributed by atoms with Crippen LogP contribution in [0.3, 0.4) is 0 Å². The minimum Gasteiger partial charge on any atom is -0.396 e. The number of aryl methyl sites for hydroxylation is 1. The van der Waals surface area contributed by atoms with E-state index in [4.69, 9.17) is 4.74 Å². The predicted octanol–water partition coefficient (Wildman–Crippen LogP) is 1.02. The van der Waals surface area contributed by atoms with Crippen LogP contribution in [0.1, 0.15) is 36.5 Å². The third kappa shape index (κ3) is 5.30. The molecule has 1 N–H and O–H groups in total. The number of morpholine rings is 1. The van der Waals surface area contributed by atoms with E-state index in [1.165, 1.54) is 0 Å². The summed E-state index contributed by atoms with van der Waals surface area (Å²) in [5.74, 6) is 1.08. The van der Waals surface area contributed by atoms with E-state index in [1.54, 1.807) is 4.68 Å². The fraction of sp³-hybridized carbons (Fsp3) is 0.800. The van der Waals surface area contributed by atoms with Crippen LogP contribution in [0.2, 0.25) is 0 Å². The van der Waals surface area contributed by atoms with Gasteiger partial charge in [-0.25, -0.2) is 0 Å². The summed E-state index contributed by atoms with van der Waals surface area (Å²) in [4.78, 5) is 17.5. The number of carbonyl (C=O) groups excluding carboxylic acids is 1. The van der Waals surface area contributed by atoms with Gasteiger partial charge >= 0.3 is 0 Å². The minimum absolute atomic E-state index is 0.0325. The van der Waals surface area contributed by atoms with E-state index in [2.05, 4.69) is 23.8 Å². The lowest BCUT2D eigenvalue weighted by Crippen LogP contribution is -2.49. The molecule has 27 heavy (non-hydrogen) atoms. The van der Waals surface area contributed by atoms with Crippen LogP contribution in [0.25, 0.3) is 0 Å². The molecule has 0 unspecified atom stereocenters. The molecule has 0 radical (unpaired) electrons. The summed E-state index contributed by atoms with van der Waals surface area (Å²) >= 11 is 0. The lowest BCUT2D eigenvalue weighted by Gasteiger charge is -2.39. The van der Waals surface area contributed by atoms with Gasteiger partial charge in [-0.2, -0.15) is 5.10 Å². The topological polar surface area (TPSA) is 70.8 Å². The van der Waals surface area contributed by atoms with Crippen LogP contribution in [-0.4, -0.2) is 83.1 Å². The Morgan fingerprint density at radius 3 is 2.67 bits per heavy atom. The molecular weight excluding hydrogens is 344 g/mol. The average Bonchev–Trinajstić information content (AvgIpc) is 3.01. The fourth-order valence-corrected chi connectivity index (χ4v) is 4.30. The van der Waals surface area contributed by atoms with Crippen molar-refractivity contribution in [3.63, 3.8) is 0 Å². The van der Waals surface area contributed by atoms with Crippen molar-refractivity contribution in [3.8, 4) is 0 Å². The second-order valence-corrected chi connectivity index (χ2v) is 8.52. The summed E-state index contributed by atoms with van der Waals surface area (Å²) in [5.41, 5.74) is 1.62. The summed E-state index contributed by atoms with van der Waals surface area (Å²) in [6.45, 7) is 10.3. The molecule has 7 nitrogen and oxygen atoms in total.